The summed E-state index contributed by atoms with van der Waals surface area (Å²) in [5, 5.41) is 3.02. The zero-order valence-electron chi connectivity index (χ0n) is 10.3. The van der Waals surface area contributed by atoms with E-state index in [0.717, 1.165) is 5.56 Å². The molecule has 0 saturated heterocycles. The van der Waals surface area contributed by atoms with Crippen LogP contribution in [-0.4, -0.2) is 17.4 Å². The summed E-state index contributed by atoms with van der Waals surface area (Å²) in [4.78, 5) is 16.1. The summed E-state index contributed by atoms with van der Waals surface area (Å²) in [7, 11) is 0. The second kappa shape index (κ2) is 6.31. The van der Waals surface area contributed by atoms with Gasteiger partial charge in [0.2, 0.25) is 0 Å². The lowest BCUT2D eigenvalue weighted by atomic mass is 10.0. The molecule has 5 heteroatoms. The van der Waals surface area contributed by atoms with E-state index in [9.17, 15) is 4.79 Å². The third-order valence-corrected chi connectivity index (χ3v) is 2.98. The van der Waals surface area contributed by atoms with Crippen molar-refractivity contribution in [3.8, 4) is 0 Å². The maximum atomic E-state index is 12.2. The first-order chi connectivity index (χ1) is 9.22. The van der Waals surface area contributed by atoms with Gasteiger partial charge in [0.1, 0.15) is 0 Å². The van der Waals surface area contributed by atoms with Crippen molar-refractivity contribution in [1.82, 2.24) is 4.98 Å². The van der Waals surface area contributed by atoms with Gasteiger partial charge in [-0.05, 0) is 36.7 Å². The number of hydrogen-bond acceptors (Lipinski definition) is 3. The topological polar surface area (TPSA) is 68.0 Å². The molecule has 1 aromatic heterocycles. The monoisotopic (exact) mass is 275 g/mol. The fraction of sp³-hybridized carbons (Fsp3) is 0.143. The van der Waals surface area contributed by atoms with E-state index in [0.29, 0.717) is 24.2 Å². The number of hydrogen-bond donors (Lipinski definition) is 2. The Balaban J connectivity index is 2.23. The lowest BCUT2D eigenvalue weighted by molar-refractivity contribution is 0.102. The maximum absolute atomic E-state index is 12.2. The Bertz CT molecular complexity index is 586. The molecular weight excluding hydrogens is 262 g/mol. The van der Waals surface area contributed by atoms with E-state index in [1.165, 1.54) is 0 Å². The van der Waals surface area contributed by atoms with Crippen molar-refractivity contribution in [3.05, 3.63) is 58.9 Å². The number of pyridine rings is 1. The minimum atomic E-state index is -0.209. The molecule has 2 aromatic rings. The number of nitrogens with two attached hydrogens (primary N) is 1. The summed E-state index contributed by atoms with van der Waals surface area (Å²) < 4.78 is 0. The predicted octanol–water partition coefficient (Wildman–Crippen LogP) is 2.49. The van der Waals surface area contributed by atoms with E-state index in [4.69, 9.17) is 17.3 Å². The van der Waals surface area contributed by atoms with Crippen LogP contribution in [-0.2, 0) is 6.42 Å². The van der Waals surface area contributed by atoms with Crippen molar-refractivity contribution >= 4 is 23.2 Å². The lowest BCUT2D eigenvalue weighted by Crippen LogP contribution is -2.16. The molecule has 1 heterocycles. The number of carbonyl (C=O) groups is 1. The van der Waals surface area contributed by atoms with Gasteiger partial charge in [-0.1, -0.05) is 29.8 Å². The molecule has 0 fully saturated rings. The van der Waals surface area contributed by atoms with Crippen LogP contribution in [0.2, 0.25) is 5.15 Å². The van der Waals surface area contributed by atoms with Crippen LogP contribution < -0.4 is 11.1 Å². The maximum Gasteiger partial charge on any atom is 0.256 e. The molecule has 0 unspecified atom stereocenters. The molecule has 0 spiro atoms. The SMILES string of the molecule is NCCc1ccccc1C(=O)Nc1cccnc1Cl. The summed E-state index contributed by atoms with van der Waals surface area (Å²) in [5.74, 6) is -0.209. The van der Waals surface area contributed by atoms with Gasteiger partial charge in [-0.15, -0.1) is 0 Å². The Labute approximate surface area is 116 Å². The average molecular weight is 276 g/mol. The molecule has 1 aromatic carbocycles. The van der Waals surface area contributed by atoms with Gasteiger partial charge in [0.25, 0.3) is 5.91 Å². The van der Waals surface area contributed by atoms with Crippen LogP contribution in [0.3, 0.4) is 0 Å². The Morgan fingerprint density at radius 2 is 2.05 bits per heavy atom. The van der Waals surface area contributed by atoms with E-state index in [1.54, 1.807) is 24.4 Å². The third kappa shape index (κ3) is 3.30. The highest BCUT2D eigenvalue weighted by Gasteiger charge is 2.12. The molecule has 0 aliphatic carbocycles. The van der Waals surface area contributed by atoms with E-state index in [2.05, 4.69) is 10.3 Å². The number of benzene rings is 1. The molecule has 0 atom stereocenters. The zero-order chi connectivity index (χ0) is 13.7. The standard InChI is InChI=1S/C14H14ClN3O/c15-13-12(6-3-9-17-13)18-14(19)11-5-2-1-4-10(11)7-8-16/h1-6,9H,7-8,16H2,(H,18,19). The van der Waals surface area contributed by atoms with Crippen molar-refractivity contribution in [2.45, 2.75) is 6.42 Å². The third-order valence-electron chi connectivity index (χ3n) is 2.68. The summed E-state index contributed by atoms with van der Waals surface area (Å²) in [5.41, 5.74) is 7.56. The lowest BCUT2D eigenvalue weighted by Gasteiger charge is -2.10. The van der Waals surface area contributed by atoms with Crippen molar-refractivity contribution in [2.24, 2.45) is 5.73 Å². The van der Waals surface area contributed by atoms with Crippen LogP contribution in [0.4, 0.5) is 5.69 Å². The summed E-state index contributed by atoms with van der Waals surface area (Å²) in [6.07, 6.45) is 2.23. The van der Waals surface area contributed by atoms with Gasteiger partial charge in [-0.25, -0.2) is 4.98 Å². The van der Waals surface area contributed by atoms with Gasteiger partial charge >= 0.3 is 0 Å². The molecule has 2 rings (SSSR count). The average Bonchev–Trinajstić information content (AvgIpc) is 2.42. The Kier molecular flexibility index (Phi) is 4.49. The van der Waals surface area contributed by atoms with E-state index in [1.807, 2.05) is 18.2 Å². The number of rotatable bonds is 4. The highest BCUT2D eigenvalue weighted by Crippen LogP contribution is 2.19. The molecular formula is C14H14ClN3O. The van der Waals surface area contributed by atoms with E-state index < -0.39 is 0 Å². The van der Waals surface area contributed by atoms with Crippen molar-refractivity contribution in [1.29, 1.82) is 0 Å². The molecule has 0 aliphatic rings. The molecule has 0 bridgehead atoms. The van der Waals surface area contributed by atoms with Crippen LogP contribution in [0.25, 0.3) is 0 Å². The van der Waals surface area contributed by atoms with Gasteiger partial charge in [0.05, 0.1) is 5.69 Å². The molecule has 0 saturated carbocycles. The molecule has 1 amide bonds. The van der Waals surface area contributed by atoms with Crippen molar-refractivity contribution in [3.63, 3.8) is 0 Å². The minimum Gasteiger partial charge on any atom is -0.330 e. The molecule has 0 aliphatic heterocycles. The molecule has 4 nitrogen and oxygen atoms in total. The highest BCUT2D eigenvalue weighted by molar-refractivity contribution is 6.32. The van der Waals surface area contributed by atoms with Gasteiger partial charge in [-0.3, -0.25) is 4.79 Å². The summed E-state index contributed by atoms with van der Waals surface area (Å²) in [6, 6.07) is 10.8. The molecule has 19 heavy (non-hydrogen) atoms. The van der Waals surface area contributed by atoms with Crippen LogP contribution in [0.15, 0.2) is 42.6 Å². The number of nitrogens with zero attached hydrogens (tertiary/aromatic N) is 1. The van der Waals surface area contributed by atoms with Gasteiger partial charge in [0.15, 0.2) is 5.15 Å². The van der Waals surface area contributed by atoms with Crippen molar-refractivity contribution in [2.75, 3.05) is 11.9 Å². The number of aromatic nitrogens is 1. The second-order valence-electron chi connectivity index (χ2n) is 3.99. The van der Waals surface area contributed by atoms with Gasteiger partial charge < -0.3 is 11.1 Å². The van der Waals surface area contributed by atoms with E-state index in [-0.39, 0.29) is 11.1 Å². The quantitative estimate of drug-likeness (QED) is 0.843. The van der Waals surface area contributed by atoms with Crippen LogP contribution in [0.1, 0.15) is 15.9 Å². The fourth-order valence-corrected chi connectivity index (χ4v) is 1.95. The van der Waals surface area contributed by atoms with Crippen LogP contribution in [0.5, 0.6) is 0 Å². The van der Waals surface area contributed by atoms with Crippen LogP contribution >= 0.6 is 11.6 Å². The molecule has 0 radical (unpaired) electrons. The fourth-order valence-electron chi connectivity index (χ4n) is 1.78. The predicted molar refractivity (Wildman–Crippen MR) is 76.4 cm³/mol. The Morgan fingerprint density at radius 1 is 1.26 bits per heavy atom. The normalized spacial score (nSPS) is 10.2. The first kappa shape index (κ1) is 13.5. The first-order valence-electron chi connectivity index (χ1n) is 5.92. The first-order valence-corrected chi connectivity index (χ1v) is 6.30. The largest absolute Gasteiger partial charge is 0.330 e. The van der Waals surface area contributed by atoms with E-state index >= 15 is 0 Å². The zero-order valence-corrected chi connectivity index (χ0v) is 11.0. The Hall–Kier alpha value is -1.91. The number of amides is 1. The van der Waals surface area contributed by atoms with Crippen molar-refractivity contribution < 1.29 is 4.79 Å². The smallest absolute Gasteiger partial charge is 0.256 e. The molecule has 98 valence electrons. The number of halogens is 1. The summed E-state index contributed by atoms with van der Waals surface area (Å²) >= 11 is 5.91. The Morgan fingerprint density at radius 3 is 2.79 bits per heavy atom. The number of anilines is 1. The summed E-state index contributed by atoms with van der Waals surface area (Å²) in [6.45, 7) is 0.498. The number of nitrogens with one attached hydrogen (secondary N) is 1. The molecule has 3 N–H and O–H groups in total. The van der Waals surface area contributed by atoms with Crippen LogP contribution in [0, 0.1) is 0 Å². The number of carbonyl (C=O) groups excluding carboxylic acids is 1. The highest BCUT2D eigenvalue weighted by atomic mass is 35.5. The van der Waals surface area contributed by atoms with Gasteiger partial charge in [0, 0.05) is 11.8 Å². The minimum absolute atomic E-state index is 0.209. The second-order valence-corrected chi connectivity index (χ2v) is 4.35. The van der Waals surface area contributed by atoms with Gasteiger partial charge in [-0.2, -0.15) is 0 Å².